The van der Waals surface area contributed by atoms with Crippen LogP contribution < -0.4 is 5.73 Å². The van der Waals surface area contributed by atoms with Gasteiger partial charge in [0.1, 0.15) is 11.4 Å². The Morgan fingerprint density at radius 1 is 1.25 bits per heavy atom. The van der Waals surface area contributed by atoms with Gasteiger partial charge in [-0.2, -0.15) is 9.97 Å². The van der Waals surface area contributed by atoms with E-state index in [1.54, 1.807) is 7.11 Å². The number of rotatable bonds is 3. The van der Waals surface area contributed by atoms with E-state index in [0.29, 0.717) is 5.82 Å². The van der Waals surface area contributed by atoms with Crippen molar-refractivity contribution >= 4 is 5.95 Å². The average Bonchev–Trinajstić information content (AvgIpc) is 2.16. The summed E-state index contributed by atoms with van der Waals surface area (Å²) < 4.78 is 5.54. The summed E-state index contributed by atoms with van der Waals surface area (Å²) in [4.78, 5) is 12.8. The standard InChI is InChI=1S/C11H18N4O/c1-7(2)8-13-9(15-10(12)14-8)11(16-3)5-4-6-11/h7H,4-6H2,1-3H3,(H2,12,13,14,15). The highest BCUT2D eigenvalue weighted by molar-refractivity contribution is 5.21. The molecule has 2 rings (SSSR count). The number of methoxy groups -OCH3 is 1. The molecule has 16 heavy (non-hydrogen) atoms. The van der Waals surface area contributed by atoms with Crippen molar-refractivity contribution in [1.29, 1.82) is 0 Å². The van der Waals surface area contributed by atoms with Crippen molar-refractivity contribution < 1.29 is 4.74 Å². The lowest BCUT2D eigenvalue weighted by Gasteiger charge is -2.38. The predicted octanol–water partition coefficient (Wildman–Crippen LogP) is 1.60. The smallest absolute Gasteiger partial charge is 0.223 e. The third-order valence-electron chi connectivity index (χ3n) is 3.15. The van der Waals surface area contributed by atoms with Gasteiger partial charge in [0.25, 0.3) is 0 Å². The molecule has 1 fully saturated rings. The molecule has 0 aliphatic heterocycles. The fourth-order valence-corrected chi connectivity index (χ4v) is 1.89. The third kappa shape index (κ3) is 1.75. The zero-order chi connectivity index (χ0) is 11.8. The van der Waals surface area contributed by atoms with Crippen LogP contribution in [0, 0.1) is 0 Å². The second-order valence-corrected chi connectivity index (χ2v) is 4.58. The molecule has 1 saturated carbocycles. The molecular formula is C11H18N4O. The lowest BCUT2D eigenvalue weighted by molar-refractivity contribution is -0.0848. The van der Waals surface area contributed by atoms with Crippen LogP contribution in [-0.4, -0.2) is 22.1 Å². The molecule has 0 radical (unpaired) electrons. The second-order valence-electron chi connectivity index (χ2n) is 4.58. The van der Waals surface area contributed by atoms with E-state index in [1.165, 1.54) is 0 Å². The Balaban J connectivity index is 2.40. The van der Waals surface area contributed by atoms with E-state index < -0.39 is 0 Å². The molecule has 5 nitrogen and oxygen atoms in total. The van der Waals surface area contributed by atoms with Gasteiger partial charge in [0.2, 0.25) is 5.95 Å². The van der Waals surface area contributed by atoms with Gasteiger partial charge < -0.3 is 10.5 Å². The Bertz CT molecular complexity index is 382. The highest BCUT2D eigenvalue weighted by atomic mass is 16.5. The Morgan fingerprint density at radius 3 is 2.38 bits per heavy atom. The predicted molar refractivity (Wildman–Crippen MR) is 60.9 cm³/mol. The maximum atomic E-state index is 5.71. The van der Waals surface area contributed by atoms with E-state index in [1.807, 2.05) is 13.8 Å². The lowest BCUT2D eigenvalue weighted by Crippen LogP contribution is -2.38. The maximum absolute atomic E-state index is 5.71. The van der Waals surface area contributed by atoms with Crippen LogP contribution in [0.5, 0.6) is 0 Å². The van der Waals surface area contributed by atoms with Crippen molar-refractivity contribution in [2.75, 3.05) is 12.8 Å². The number of anilines is 1. The van der Waals surface area contributed by atoms with Gasteiger partial charge in [0, 0.05) is 13.0 Å². The minimum atomic E-state index is -0.319. The normalized spacial score (nSPS) is 18.5. The molecular weight excluding hydrogens is 204 g/mol. The quantitative estimate of drug-likeness (QED) is 0.840. The van der Waals surface area contributed by atoms with E-state index in [2.05, 4.69) is 15.0 Å². The first-order chi connectivity index (χ1) is 7.57. The van der Waals surface area contributed by atoms with Crippen molar-refractivity contribution in [1.82, 2.24) is 15.0 Å². The van der Waals surface area contributed by atoms with Crippen LogP contribution in [0.1, 0.15) is 50.7 Å². The van der Waals surface area contributed by atoms with E-state index in [9.17, 15) is 0 Å². The second kappa shape index (κ2) is 3.97. The summed E-state index contributed by atoms with van der Waals surface area (Å²) in [6.45, 7) is 4.08. The summed E-state index contributed by atoms with van der Waals surface area (Å²) in [5.74, 6) is 1.97. The molecule has 1 aliphatic carbocycles. The highest BCUT2D eigenvalue weighted by Gasteiger charge is 2.42. The number of nitrogens with two attached hydrogens (primary N) is 1. The Labute approximate surface area is 95.5 Å². The first kappa shape index (κ1) is 11.3. The number of ether oxygens (including phenoxy) is 1. The summed E-state index contributed by atoms with van der Waals surface area (Å²) in [6, 6.07) is 0. The first-order valence-corrected chi connectivity index (χ1v) is 5.64. The molecule has 0 atom stereocenters. The molecule has 2 N–H and O–H groups in total. The van der Waals surface area contributed by atoms with Gasteiger partial charge in [-0.1, -0.05) is 13.8 Å². The molecule has 0 spiro atoms. The van der Waals surface area contributed by atoms with Gasteiger partial charge in [-0.15, -0.1) is 0 Å². The fraction of sp³-hybridized carbons (Fsp3) is 0.727. The van der Waals surface area contributed by atoms with Crippen molar-refractivity contribution in [3.63, 3.8) is 0 Å². The van der Waals surface area contributed by atoms with Crippen LogP contribution in [0.15, 0.2) is 0 Å². The summed E-state index contributed by atoms with van der Waals surface area (Å²) in [7, 11) is 1.70. The van der Waals surface area contributed by atoms with Gasteiger partial charge in [-0.25, -0.2) is 4.98 Å². The Hall–Kier alpha value is -1.23. The van der Waals surface area contributed by atoms with Crippen LogP contribution >= 0.6 is 0 Å². The van der Waals surface area contributed by atoms with Gasteiger partial charge in [-0.05, 0) is 19.3 Å². The van der Waals surface area contributed by atoms with Crippen molar-refractivity contribution in [2.24, 2.45) is 0 Å². The molecule has 0 amide bonds. The number of hydrogen-bond acceptors (Lipinski definition) is 5. The third-order valence-corrected chi connectivity index (χ3v) is 3.15. The topological polar surface area (TPSA) is 73.9 Å². The monoisotopic (exact) mass is 222 g/mol. The number of hydrogen-bond donors (Lipinski definition) is 1. The van der Waals surface area contributed by atoms with Crippen LogP contribution in [0.3, 0.4) is 0 Å². The molecule has 5 heteroatoms. The van der Waals surface area contributed by atoms with Gasteiger partial charge in [0.15, 0.2) is 5.82 Å². The van der Waals surface area contributed by atoms with Gasteiger partial charge >= 0.3 is 0 Å². The number of nitrogen functional groups attached to an aromatic ring is 1. The van der Waals surface area contributed by atoms with E-state index in [4.69, 9.17) is 10.5 Å². The fourth-order valence-electron chi connectivity index (χ4n) is 1.89. The summed E-state index contributed by atoms with van der Waals surface area (Å²) in [5.41, 5.74) is 5.39. The Morgan fingerprint density at radius 2 is 1.94 bits per heavy atom. The molecule has 0 bridgehead atoms. The number of nitrogens with zero attached hydrogens (tertiary/aromatic N) is 3. The van der Waals surface area contributed by atoms with Crippen LogP contribution in [-0.2, 0) is 10.3 Å². The van der Waals surface area contributed by atoms with Crippen LogP contribution in [0.25, 0.3) is 0 Å². The maximum Gasteiger partial charge on any atom is 0.223 e. The molecule has 1 aromatic heterocycles. The lowest BCUT2D eigenvalue weighted by atomic mass is 9.79. The van der Waals surface area contributed by atoms with Crippen LogP contribution in [0.2, 0.25) is 0 Å². The number of aromatic nitrogens is 3. The highest BCUT2D eigenvalue weighted by Crippen LogP contribution is 2.42. The van der Waals surface area contributed by atoms with E-state index in [-0.39, 0.29) is 17.5 Å². The van der Waals surface area contributed by atoms with Crippen molar-refractivity contribution in [2.45, 2.75) is 44.6 Å². The zero-order valence-electron chi connectivity index (χ0n) is 10.0. The summed E-state index contributed by atoms with van der Waals surface area (Å²) >= 11 is 0. The minimum absolute atomic E-state index is 0.248. The average molecular weight is 222 g/mol. The molecule has 0 aromatic carbocycles. The minimum Gasteiger partial charge on any atom is -0.370 e. The van der Waals surface area contributed by atoms with Gasteiger partial charge in [0.05, 0.1) is 0 Å². The summed E-state index contributed by atoms with van der Waals surface area (Å²) in [6.07, 6.45) is 3.07. The molecule has 1 aliphatic rings. The Kier molecular flexibility index (Phi) is 2.80. The zero-order valence-corrected chi connectivity index (χ0v) is 10.0. The SMILES string of the molecule is COC1(c2nc(N)nc(C(C)C)n2)CCC1. The molecule has 0 saturated heterocycles. The summed E-state index contributed by atoms with van der Waals surface area (Å²) in [5, 5.41) is 0. The van der Waals surface area contributed by atoms with Crippen molar-refractivity contribution in [3.05, 3.63) is 11.6 Å². The first-order valence-electron chi connectivity index (χ1n) is 5.64. The molecule has 1 aromatic rings. The van der Waals surface area contributed by atoms with Crippen molar-refractivity contribution in [3.8, 4) is 0 Å². The van der Waals surface area contributed by atoms with Crippen LogP contribution in [0.4, 0.5) is 5.95 Å². The molecule has 0 unspecified atom stereocenters. The van der Waals surface area contributed by atoms with Gasteiger partial charge in [-0.3, -0.25) is 0 Å². The molecule has 88 valence electrons. The molecule has 1 heterocycles. The largest absolute Gasteiger partial charge is 0.370 e. The van der Waals surface area contributed by atoms with E-state index in [0.717, 1.165) is 25.1 Å². The van der Waals surface area contributed by atoms with E-state index >= 15 is 0 Å².